The lowest BCUT2D eigenvalue weighted by atomic mass is 9.46. The van der Waals surface area contributed by atoms with E-state index >= 15 is 0 Å². The number of rotatable bonds is 1. The summed E-state index contributed by atoms with van der Waals surface area (Å²) in [6.45, 7) is 14.9. The van der Waals surface area contributed by atoms with Gasteiger partial charge < -0.3 is 9.84 Å². The van der Waals surface area contributed by atoms with Gasteiger partial charge in [0.1, 0.15) is 0 Å². The summed E-state index contributed by atoms with van der Waals surface area (Å²) in [7, 11) is 0. The lowest BCUT2D eigenvalue weighted by Gasteiger charge is -2.58. The highest BCUT2D eigenvalue weighted by molar-refractivity contribution is 5.26. The molecule has 3 saturated carbocycles. The fourth-order valence-corrected chi connectivity index (χ4v) is 8.96. The van der Waals surface area contributed by atoms with Gasteiger partial charge in [-0.25, -0.2) is 0 Å². The summed E-state index contributed by atoms with van der Waals surface area (Å²) >= 11 is 0. The molecule has 150 valence electrons. The molecule has 1 aliphatic heterocycles. The third kappa shape index (κ3) is 2.32. The molecule has 1 saturated heterocycles. The van der Waals surface area contributed by atoms with Crippen molar-refractivity contribution in [3.8, 4) is 0 Å². The van der Waals surface area contributed by atoms with Crippen molar-refractivity contribution in [1.29, 1.82) is 0 Å². The quantitative estimate of drug-likeness (QED) is 0.598. The summed E-state index contributed by atoms with van der Waals surface area (Å²) in [6, 6.07) is 0. The van der Waals surface area contributed by atoms with Crippen molar-refractivity contribution in [3.05, 3.63) is 23.8 Å². The largest absolute Gasteiger partial charge is 0.365 e. The molecule has 9 atom stereocenters. The van der Waals surface area contributed by atoms with E-state index < -0.39 is 5.79 Å². The fourth-order valence-electron chi connectivity index (χ4n) is 8.96. The lowest BCUT2D eigenvalue weighted by molar-refractivity contribution is -0.192. The second-order valence-corrected chi connectivity index (χ2v) is 11.5. The molecular formula is C25H38O2. The average Bonchev–Trinajstić information content (AvgIpc) is 3.16. The molecule has 1 N–H and O–H groups in total. The Labute approximate surface area is 165 Å². The third-order valence-electron chi connectivity index (χ3n) is 10.0. The average molecular weight is 371 g/mol. The number of ether oxygens (including phenoxy) is 1. The van der Waals surface area contributed by atoms with E-state index in [-0.39, 0.29) is 5.92 Å². The molecule has 1 heterocycles. The van der Waals surface area contributed by atoms with Gasteiger partial charge in [-0.05, 0) is 91.4 Å². The van der Waals surface area contributed by atoms with Crippen LogP contribution >= 0.6 is 0 Å². The van der Waals surface area contributed by atoms with Crippen LogP contribution in [0.2, 0.25) is 0 Å². The zero-order valence-electron chi connectivity index (χ0n) is 17.8. The van der Waals surface area contributed by atoms with Crippen molar-refractivity contribution < 1.29 is 9.84 Å². The third-order valence-corrected chi connectivity index (χ3v) is 10.0. The van der Waals surface area contributed by atoms with Crippen molar-refractivity contribution in [1.82, 2.24) is 0 Å². The Bertz CT molecular complexity index is 694. The molecule has 0 aromatic heterocycles. The Morgan fingerprint density at radius 1 is 1.19 bits per heavy atom. The molecule has 0 radical (unpaired) electrons. The monoisotopic (exact) mass is 370 g/mol. The standard InChI is InChI=1S/C25H38O2/c1-15(2)18-9-10-23(4)11-12-24(5)19(22(18)23)8-6-7-17-14-27-25(26)13-16(3)20(24)21(17)25/h7,16,18-22,26H,1,6,8-14H2,2-5H3/b17-7-/t16-,18+,19?,20-,21-,22-,23-,24-,25+/m0/s1. The number of aliphatic hydroxyl groups is 1. The van der Waals surface area contributed by atoms with Crippen molar-refractivity contribution in [2.45, 2.75) is 78.4 Å². The van der Waals surface area contributed by atoms with E-state index in [4.69, 9.17) is 4.74 Å². The van der Waals surface area contributed by atoms with Crippen LogP contribution in [0.5, 0.6) is 0 Å². The van der Waals surface area contributed by atoms with Crippen molar-refractivity contribution in [2.75, 3.05) is 6.61 Å². The number of allylic oxidation sites excluding steroid dienone is 2. The first-order valence-electron chi connectivity index (χ1n) is 11.4. The van der Waals surface area contributed by atoms with E-state index in [0.29, 0.717) is 35.2 Å². The van der Waals surface area contributed by atoms with Crippen LogP contribution in [0.25, 0.3) is 0 Å². The molecule has 1 unspecified atom stereocenters. The minimum Gasteiger partial charge on any atom is -0.365 e. The van der Waals surface area contributed by atoms with Crippen LogP contribution in [0.1, 0.15) is 72.6 Å². The van der Waals surface area contributed by atoms with Crippen molar-refractivity contribution in [2.24, 2.45) is 46.3 Å². The van der Waals surface area contributed by atoms with Gasteiger partial charge in [0.2, 0.25) is 0 Å². The maximum absolute atomic E-state index is 11.3. The molecule has 0 amide bonds. The molecular weight excluding hydrogens is 332 g/mol. The maximum Gasteiger partial charge on any atom is 0.173 e. The van der Waals surface area contributed by atoms with Crippen LogP contribution in [0.15, 0.2) is 23.8 Å². The van der Waals surface area contributed by atoms with Crippen LogP contribution < -0.4 is 0 Å². The Hall–Kier alpha value is -0.600. The molecule has 0 aromatic carbocycles. The maximum atomic E-state index is 11.3. The molecule has 5 aliphatic rings. The van der Waals surface area contributed by atoms with E-state index in [1.54, 1.807) is 0 Å². The van der Waals surface area contributed by atoms with Gasteiger partial charge in [0.05, 0.1) is 6.61 Å². The Balaban J connectivity index is 1.62. The Morgan fingerprint density at radius 2 is 1.96 bits per heavy atom. The predicted molar refractivity (Wildman–Crippen MR) is 109 cm³/mol. The van der Waals surface area contributed by atoms with E-state index in [0.717, 1.165) is 24.7 Å². The Kier molecular flexibility index (Phi) is 3.91. The van der Waals surface area contributed by atoms with Gasteiger partial charge in [-0.15, -0.1) is 0 Å². The van der Waals surface area contributed by atoms with Gasteiger partial charge >= 0.3 is 0 Å². The Morgan fingerprint density at radius 3 is 2.70 bits per heavy atom. The summed E-state index contributed by atoms with van der Waals surface area (Å²) in [6.07, 6.45) is 11.1. The summed E-state index contributed by atoms with van der Waals surface area (Å²) in [5.41, 5.74) is 3.61. The second-order valence-electron chi connectivity index (χ2n) is 11.5. The fraction of sp³-hybridized carbons (Fsp3) is 0.840. The minimum atomic E-state index is -0.898. The topological polar surface area (TPSA) is 29.5 Å². The van der Waals surface area contributed by atoms with Gasteiger partial charge in [0, 0.05) is 12.3 Å². The van der Waals surface area contributed by atoms with E-state index in [2.05, 4.69) is 40.3 Å². The lowest BCUT2D eigenvalue weighted by Crippen LogP contribution is -2.52. The molecule has 27 heavy (non-hydrogen) atoms. The van der Waals surface area contributed by atoms with E-state index in [9.17, 15) is 5.11 Å². The van der Waals surface area contributed by atoms with Crippen LogP contribution in [-0.2, 0) is 4.74 Å². The van der Waals surface area contributed by atoms with E-state index in [1.807, 2.05) is 0 Å². The molecule has 0 aromatic rings. The first-order chi connectivity index (χ1) is 12.7. The van der Waals surface area contributed by atoms with E-state index in [1.165, 1.54) is 43.3 Å². The highest BCUT2D eigenvalue weighted by Crippen LogP contribution is 2.70. The summed E-state index contributed by atoms with van der Waals surface area (Å²) in [5, 5.41) is 11.3. The predicted octanol–water partition coefficient (Wildman–Crippen LogP) is 5.72. The molecule has 0 spiro atoms. The van der Waals surface area contributed by atoms with Gasteiger partial charge in [0.25, 0.3) is 0 Å². The molecule has 2 heteroatoms. The van der Waals surface area contributed by atoms with Gasteiger partial charge in [0.15, 0.2) is 5.79 Å². The number of hydrogen-bond donors (Lipinski definition) is 1. The normalized spacial score (nSPS) is 58.5. The first kappa shape index (κ1) is 18.4. The zero-order chi connectivity index (χ0) is 19.2. The SMILES string of the molecule is C=C(C)[C@H]1CC[C@@]2(C)CC[C@@]3(C)C(CC/C=C4/CO[C@]5(O)C[C@H](C)[C@H]3[C@H]45)[C@H]12. The minimum absolute atomic E-state index is 0.231. The van der Waals surface area contributed by atoms with Gasteiger partial charge in [-0.2, -0.15) is 0 Å². The second kappa shape index (κ2) is 5.72. The zero-order valence-corrected chi connectivity index (χ0v) is 17.8. The number of hydrogen-bond acceptors (Lipinski definition) is 2. The molecule has 5 rings (SSSR count). The van der Waals surface area contributed by atoms with Gasteiger partial charge in [-0.1, -0.05) is 39.0 Å². The summed E-state index contributed by atoms with van der Waals surface area (Å²) in [4.78, 5) is 0. The molecule has 2 nitrogen and oxygen atoms in total. The molecule has 4 aliphatic carbocycles. The number of fused-ring (bicyclic) bond motifs is 4. The molecule has 0 bridgehead atoms. The van der Waals surface area contributed by atoms with Crippen molar-refractivity contribution >= 4 is 0 Å². The highest BCUT2D eigenvalue weighted by Gasteiger charge is 2.66. The van der Waals surface area contributed by atoms with Gasteiger partial charge in [-0.3, -0.25) is 0 Å². The summed E-state index contributed by atoms with van der Waals surface area (Å²) < 4.78 is 6.02. The van der Waals surface area contributed by atoms with Crippen LogP contribution in [-0.4, -0.2) is 17.5 Å². The molecule has 4 fully saturated rings. The van der Waals surface area contributed by atoms with Crippen LogP contribution in [0, 0.1) is 46.3 Å². The smallest absolute Gasteiger partial charge is 0.173 e. The highest BCUT2D eigenvalue weighted by atomic mass is 16.6. The van der Waals surface area contributed by atoms with Crippen LogP contribution in [0.3, 0.4) is 0 Å². The van der Waals surface area contributed by atoms with Crippen molar-refractivity contribution in [3.63, 3.8) is 0 Å². The summed E-state index contributed by atoms with van der Waals surface area (Å²) in [5.74, 6) is 2.62. The first-order valence-corrected chi connectivity index (χ1v) is 11.4. The van der Waals surface area contributed by atoms with Crippen LogP contribution in [0.4, 0.5) is 0 Å².